The molecule has 0 heterocycles. The second kappa shape index (κ2) is 5.59. The van der Waals surface area contributed by atoms with E-state index in [1.807, 2.05) is 0 Å². The van der Waals surface area contributed by atoms with Gasteiger partial charge in [-0.05, 0) is 19.1 Å². The van der Waals surface area contributed by atoms with E-state index in [1.54, 1.807) is 0 Å². The van der Waals surface area contributed by atoms with Crippen molar-refractivity contribution in [1.82, 2.24) is 0 Å². The zero-order chi connectivity index (χ0) is 14.0. The van der Waals surface area contributed by atoms with Crippen molar-refractivity contribution in [2.45, 2.75) is 28.9 Å². The monoisotopic (exact) mass is 310 g/mol. The first-order valence-electron chi connectivity index (χ1n) is 5.39. The molecule has 0 fully saturated rings. The lowest BCUT2D eigenvalue weighted by Gasteiger charge is -2.13. The summed E-state index contributed by atoms with van der Waals surface area (Å²) in [5.41, 5.74) is 0. The topological polar surface area (TPSA) is 68.3 Å². The fourth-order valence-corrected chi connectivity index (χ4v) is 4.81. The average molecular weight is 311 g/mol. The van der Waals surface area contributed by atoms with Gasteiger partial charge in [0.25, 0.3) is 0 Å². The largest absolute Gasteiger partial charge is 0.224 e. The molecular weight excluding hydrogens is 296 g/mol. The quantitative estimate of drug-likeness (QED) is 0.779. The zero-order valence-corrected chi connectivity index (χ0v) is 12.5. The molecule has 1 rings (SSSR count). The second-order valence-electron chi connectivity index (χ2n) is 3.86. The van der Waals surface area contributed by atoms with Crippen LogP contribution in [0.2, 0.25) is 0 Å². The summed E-state index contributed by atoms with van der Waals surface area (Å²) in [6, 6.07) is 5.63. The van der Waals surface area contributed by atoms with E-state index in [0.29, 0.717) is 0 Å². The minimum atomic E-state index is -3.72. The molecule has 18 heavy (non-hydrogen) atoms. The van der Waals surface area contributed by atoms with E-state index in [0.717, 1.165) is 0 Å². The Kier molecular flexibility index (Phi) is 4.80. The van der Waals surface area contributed by atoms with Crippen LogP contribution in [0.4, 0.5) is 0 Å². The summed E-state index contributed by atoms with van der Waals surface area (Å²) in [4.78, 5) is -0.315. The maximum atomic E-state index is 12.2. The summed E-state index contributed by atoms with van der Waals surface area (Å²) in [6.07, 6.45) is 0. The predicted octanol–water partition coefficient (Wildman–Crippen LogP) is 1.88. The molecule has 0 bridgehead atoms. The molecule has 0 aromatic heterocycles. The lowest BCUT2D eigenvalue weighted by atomic mass is 10.4. The van der Waals surface area contributed by atoms with E-state index >= 15 is 0 Å². The van der Waals surface area contributed by atoms with Crippen LogP contribution < -0.4 is 0 Å². The summed E-state index contributed by atoms with van der Waals surface area (Å²) >= 11 is 5.56. The van der Waals surface area contributed by atoms with Gasteiger partial charge in [0.2, 0.25) is 0 Å². The van der Waals surface area contributed by atoms with E-state index in [2.05, 4.69) is 0 Å². The molecular formula is C11H15ClO4S2. The van der Waals surface area contributed by atoms with Gasteiger partial charge >= 0.3 is 0 Å². The Hall–Kier alpha value is -0.590. The number of rotatable bonds is 5. The summed E-state index contributed by atoms with van der Waals surface area (Å²) in [5.74, 6) is -0.225. The number of halogens is 1. The van der Waals surface area contributed by atoms with Crippen molar-refractivity contribution in [3.05, 3.63) is 24.3 Å². The normalized spacial score (nSPS) is 14.4. The highest BCUT2D eigenvalue weighted by atomic mass is 35.5. The first-order chi connectivity index (χ1) is 8.27. The van der Waals surface area contributed by atoms with Gasteiger partial charge in [-0.2, -0.15) is 0 Å². The molecule has 1 atom stereocenters. The van der Waals surface area contributed by atoms with Crippen molar-refractivity contribution < 1.29 is 16.8 Å². The van der Waals surface area contributed by atoms with Crippen LogP contribution in [0.3, 0.4) is 0 Å². The second-order valence-corrected chi connectivity index (χ2v) is 8.75. The molecule has 0 spiro atoms. The van der Waals surface area contributed by atoms with Crippen molar-refractivity contribution in [1.29, 1.82) is 0 Å². The third kappa shape index (κ3) is 2.87. The van der Waals surface area contributed by atoms with Crippen molar-refractivity contribution >= 4 is 31.3 Å². The number of benzene rings is 1. The summed E-state index contributed by atoms with van der Waals surface area (Å²) < 4.78 is 48.2. The fraction of sp³-hybridized carbons (Fsp3) is 0.455. The molecule has 7 heteroatoms. The first-order valence-corrected chi connectivity index (χ1v) is 9.12. The molecule has 0 saturated heterocycles. The molecule has 1 unspecified atom stereocenters. The maximum absolute atomic E-state index is 12.2. The number of alkyl halides is 1. The fourth-order valence-electron chi connectivity index (χ4n) is 1.40. The number of hydrogen-bond acceptors (Lipinski definition) is 4. The van der Waals surface area contributed by atoms with E-state index in [9.17, 15) is 16.8 Å². The van der Waals surface area contributed by atoms with Gasteiger partial charge in [0, 0.05) is 5.88 Å². The van der Waals surface area contributed by atoms with Gasteiger partial charge in [0.15, 0.2) is 19.7 Å². The molecule has 4 nitrogen and oxygen atoms in total. The van der Waals surface area contributed by atoms with Crippen LogP contribution >= 0.6 is 11.6 Å². The Balaban J connectivity index is 3.55. The Labute approximate surface area is 113 Å². The minimum absolute atomic E-state index is 0.0805. The van der Waals surface area contributed by atoms with Gasteiger partial charge in [-0.3, -0.25) is 0 Å². The van der Waals surface area contributed by atoms with Crippen molar-refractivity contribution in [2.75, 3.05) is 11.6 Å². The van der Waals surface area contributed by atoms with Crippen molar-refractivity contribution in [3.8, 4) is 0 Å². The molecule has 0 saturated carbocycles. The van der Waals surface area contributed by atoms with Gasteiger partial charge in [-0.1, -0.05) is 19.1 Å². The Bertz CT molecular complexity index is 620. The van der Waals surface area contributed by atoms with Gasteiger partial charge in [-0.15, -0.1) is 11.6 Å². The molecule has 1 aromatic carbocycles. The lowest BCUT2D eigenvalue weighted by Crippen LogP contribution is -2.22. The van der Waals surface area contributed by atoms with Crippen LogP contribution in [0.25, 0.3) is 0 Å². The minimum Gasteiger partial charge on any atom is -0.224 e. The Morgan fingerprint density at radius 3 is 2.06 bits per heavy atom. The van der Waals surface area contributed by atoms with Crippen LogP contribution in [0.15, 0.2) is 34.1 Å². The van der Waals surface area contributed by atoms with E-state index < -0.39 is 24.9 Å². The summed E-state index contributed by atoms with van der Waals surface area (Å²) in [6.45, 7) is 2.93. The highest BCUT2D eigenvalue weighted by Gasteiger charge is 2.29. The first kappa shape index (κ1) is 15.5. The predicted molar refractivity (Wildman–Crippen MR) is 71.5 cm³/mol. The van der Waals surface area contributed by atoms with Crippen molar-refractivity contribution in [2.24, 2.45) is 0 Å². The summed E-state index contributed by atoms with van der Waals surface area (Å²) in [7, 11) is -7.30. The van der Waals surface area contributed by atoms with Crippen LogP contribution in [-0.4, -0.2) is 33.7 Å². The average Bonchev–Trinajstić information content (AvgIpc) is 2.37. The smallest absolute Gasteiger partial charge is 0.183 e. The third-order valence-electron chi connectivity index (χ3n) is 2.62. The third-order valence-corrected chi connectivity index (χ3v) is 7.37. The molecule has 0 radical (unpaired) electrons. The standard InChI is InChI=1S/C11H15ClO4S2/c1-3-17(13,14)10-6-4-5-7-11(10)18(15,16)9(2)8-12/h4-7,9H,3,8H2,1-2H3. The molecule has 0 aliphatic heterocycles. The van der Waals surface area contributed by atoms with Crippen LogP contribution in [0.5, 0.6) is 0 Å². The van der Waals surface area contributed by atoms with E-state index in [-0.39, 0.29) is 21.4 Å². The van der Waals surface area contributed by atoms with E-state index in [4.69, 9.17) is 11.6 Å². The highest BCUT2D eigenvalue weighted by molar-refractivity contribution is 7.94. The lowest BCUT2D eigenvalue weighted by molar-refractivity contribution is 0.578. The van der Waals surface area contributed by atoms with E-state index in [1.165, 1.54) is 38.1 Å². The van der Waals surface area contributed by atoms with Gasteiger partial charge in [0.1, 0.15) is 0 Å². The van der Waals surface area contributed by atoms with Crippen molar-refractivity contribution in [3.63, 3.8) is 0 Å². The molecule has 0 aliphatic carbocycles. The number of sulfone groups is 2. The zero-order valence-electron chi connectivity index (χ0n) is 10.1. The molecule has 0 amide bonds. The molecule has 0 aliphatic rings. The van der Waals surface area contributed by atoms with Gasteiger partial charge in [0.05, 0.1) is 20.8 Å². The molecule has 0 N–H and O–H groups in total. The maximum Gasteiger partial charge on any atom is 0.183 e. The van der Waals surface area contributed by atoms with Crippen LogP contribution in [0.1, 0.15) is 13.8 Å². The summed E-state index contributed by atoms with van der Waals surface area (Å²) in [5, 5.41) is -0.827. The van der Waals surface area contributed by atoms with Gasteiger partial charge < -0.3 is 0 Å². The number of hydrogen-bond donors (Lipinski definition) is 0. The van der Waals surface area contributed by atoms with Gasteiger partial charge in [-0.25, -0.2) is 16.8 Å². The molecule has 1 aromatic rings. The Morgan fingerprint density at radius 2 is 1.61 bits per heavy atom. The van der Waals surface area contributed by atoms with Crippen LogP contribution in [-0.2, 0) is 19.7 Å². The highest BCUT2D eigenvalue weighted by Crippen LogP contribution is 2.25. The SMILES string of the molecule is CCS(=O)(=O)c1ccccc1S(=O)(=O)C(C)CCl. The Morgan fingerprint density at radius 1 is 1.11 bits per heavy atom. The van der Waals surface area contributed by atoms with Crippen LogP contribution in [0, 0.1) is 0 Å². The molecule has 102 valence electrons.